The van der Waals surface area contributed by atoms with Crippen LogP contribution in [0.1, 0.15) is 109 Å². The maximum absolute atomic E-state index is 14.5. The molecule has 9 rings (SSSR count). The standard InChI is InChI=1S/C74H96ClF3N8O11S4/c1-49-30-41-98-67(49)53-16-14-51(15-17-53)50(2)79-70(90)64-42-59(87)46-86(64)71(91)68(72(3,4)5)81-66(88)47-97-40-39-96-38-37-83(8)32-29-57(48-99-60-12-10-9-11-13-60)80-63-27-26-61(43-65(63)100(92,93)74(76,77)78)101(94,95)82-69(89)54-20-24-58(25-21-54)85-35-33-84(34-36-85)45-55-44-73(6,7)31-28-62(55)52-18-22-56(75)23-19-52/h9-16,18-27,43,50,53,57,59,64,68,80,87H,17,28-42,44-48H2,1-8H3,(H,79,90)(H,81,88)(H,82,89)/t50-,53?,57+,59+,64-,68+/m0/s1. The van der Waals surface area contributed by atoms with E-state index in [4.69, 9.17) is 21.1 Å². The molecule has 19 nitrogen and oxygen atoms in total. The van der Waals surface area contributed by atoms with Crippen molar-refractivity contribution in [3.63, 3.8) is 0 Å². The summed E-state index contributed by atoms with van der Waals surface area (Å²) in [7, 11) is -9.33. The number of allylic oxidation sites excluding steroid dienone is 5. The van der Waals surface area contributed by atoms with Crippen molar-refractivity contribution >= 4 is 95.6 Å². The lowest BCUT2D eigenvalue weighted by Gasteiger charge is -2.39. The van der Waals surface area contributed by atoms with Gasteiger partial charge in [-0.25, -0.2) is 21.6 Å². The Morgan fingerprint density at radius 3 is 2.24 bits per heavy atom. The predicted molar refractivity (Wildman–Crippen MR) is 394 cm³/mol. The fraction of sp³-hybridized carbons (Fsp3) is 0.514. The van der Waals surface area contributed by atoms with Crippen molar-refractivity contribution in [3.05, 3.63) is 153 Å². The molecule has 5 aliphatic rings. The lowest BCUT2D eigenvalue weighted by Crippen LogP contribution is -2.58. The molecule has 1 unspecified atom stereocenters. The number of halogens is 4. The Morgan fingerprint density at radius 1 is 0.881 bits per heavy atom. The molecule has 0 radical (unpaired) electrons. The van der Waals surface area contributed by atoms with E-state index in [1.54, 1.807) is 40.0 Å². The van der Waals surface area contributed by atoms with Crippen molar-refractivity contribution < 1.29 is 63.8 Å². The van der Waals surface area contributed by atoms with Crippen molar-refractivity contribution in [3.8, 4) is 0 Å². The van der Waals surface area contributed by atoms with Gasteiger partial charge < -0.3 is 45.2 Å². The van der Waals surface area contributed by atoms with Gasteiger partial charge >= 0.3 is 5.51 Å². The van der Waals surface area contributed by atoms with Crippen LogP contribution in [0, 0.1) is 16.7 Å². The van der Waals surface area contributed by atoms with Crippen LogP contribution in [0.4, 0.5) is 24.5 Å². The lowest BCUT2D eigenvalue weighted by atomic mass is 9.73. The van der Waals surface area contributed by atoms with Crippen LogP contribution in [0.15, 0.2) is 152 Å². The number of hydrogen-bond acceptors (Lipinski definition) is 17. The molecule has 550 valence electrons. The van der Waals surface area contributed by atoms with Gasteiger partial charge in [-0.1, -0.05) is 106 Å². The number of benzene rings is 4. The zero-order valence-electron chi connectivity index (χ0n) is 58.7. The van der Waals surface area contributed by atoms with Crippen LogP contribution in [0.2, 0.25) is 5.02 Å². The minimum absolute atomic E-state index is 0.0187. The van der Waals surface area contributed by atoms with Crippen LogP contribution in [0.3, 0.4) is 0 Å². The Balaban J connectivity index is 0.745. The third-order valence-electron chi connectivity index (χ3n) is 19.1. The number of sulfone groups is 1. The molecule has 2 saturated heterocycles. The smallest absolute Gasteiger partial charge is 0.391 e. The largest absolute Gasteiger partial charge is 0.501 e. The maximum atomic E-state index is 14.5. The van der Waals surface area contributed by atoms with Gasteiger partial charge in [0.25, 0.3) is 25.8 Å². The molecule has 0 saturated carbocycles. The third-order valence-corrected chi connectivity index (χ3v) is 24.8. The van der Waals surface area contributed by atoms with Gasteiger partial charge in [0, 0.05) is 96.9 Å². The van der Waals surface area contributed by atoms with Crippen molar-refractivity contribution in [1.82, 2.24) is 30.1 Å². The van der Waals surface area contributed by atoms with Crippen molar-refractivity contribution in [1.29, 1.82) is 0 Å². The van der Waals surface area contributed by atoms with Crippen LogP contribution in [0.25, 0.3) is 5.57 Å². The molecule has 3 heterocycles. The number of thioether (sulfide) groups is 2. The summed E-state index contributed by atoms with van der Waals surface area (Å²) in [4.78, 5) is 62.9. The van der Waals surface area contributed by atoms with Gasteiger partial charge in [0.1, 0.15) is 23.6 Å². The minimum atomic E-state index is -6.18. The summed E-state index contributed by atoms with van der Waals surface area (Å²) in [6.45, 7) is 18.5. The number of hydrogen-bond donors (Lipinski definition) is 5. The van der Waals surface area contributed by atoms with E-state index in [9.17, 15) is 54.3 Å². The Bertz CT molecular complexity index is 3940. The number of rotatable bonds is 30. The number of piperazine rings is 1. The number of nitrogens with zero attached hydrogens (tertiary/aromatic N) is 4. The Labute approximate surface area is 606 Å². The first-order chi connectivity index (χ1) is 47.7. The summed E-state index contributed by atoms with van der Waals surface area (Å²) in [6, 6.07) is 22.8. The molecule has 4 aromatic rings. The number of nitrogens with one attached hydrogen (secondary N) is 4. The second-order valence-corrected chi connectivity index (χ2v) is 34.9. The average molecular weight is 1490 g/mol. The molecule has 3 aliphatic heterocycles. The van der Waals surface area contributed by atoms with E-state index < -0.39 is 101 Å². The molecule has 0 aromatic heterocycles. The highest BCUT2D eigenvalue weighted by Crippen LogP contribution is 2.44. The fourth-order valence-corrected chi connectivity index (χ4v) is 17.8. The molecule has 6 atom stereocenters. The predicted octanol–water partition coefficient (Wildman–Crippen LogP) is 11.4. The zero-order chi connectivity index (χ0) is 73.0. The van der Waals surface area contributed by atoms with Crippen LogP contribution in [-0.2, 0) is 43.7 Å². The van der Waals surface area contributed by atoms with Crippen LogP contribution in [-0.4, -0.2) is 193 Å². The fourth-order valence-electron chi connectivity index (χ4n) is 13.3. The van der Waals surface area contributed by atoms with Gasteiger partial charge in [-0.2, -0.15) is 13.2 Å². The SMILES string of the molecule is CC1=C(C2C=CC([C@H](C)NC(=O)[C@@H]3C[C@@H](O)CN3C(=O)[C@@H](NC(=O)COCCOCCN(C)CC[C@H](CSc3ccccc3)Nc3ccc(S(=O)(=O)NC(=O)c4ccc(N5CCN(CC6=C(c7ccc(Cl)cc7)CCC(C)(C)C6)CC5)cc4)cc3S(=O)(=O)C(F)(F)F)C(C)(C)C)=CC2)SCC1. The number of carbonyl (C=O) groups is 4. The van der Waals surface area contributed by atoms with Gasteiger partial charge in [-0.15, -0.1) is 23.5 Å². The average Bonchev–Trinajstić information content (AvgIpc) is 1.38. The van der Waals surface area contributed by atoms with Gasteiger partial charge in [-0.05, 0) is 165 Å². The zero-order valence-corrected chi connectivity index (χ0v) is 62.8. The van der Waals surface area contributed by atoms with E-state index in [2.05, 4.69) is 76.9 Å². The number of β-amino-alcohol motifs (C(OH)–C–C–N with tert-alkyl or cyclic N) is 1. The molecule has 2 aliphatic carbocycles. The van der Waals surface area contributed by atoms with E-state index in [0.29, 0.717) is 43.2 Å². The molecule has 101 heavy (non-hydrogen) atoms. The summed E-state index contributed by atoms with van der Waals surface area (Å²) in [5.41, 5.74) is 0.242. The lowest BCUT2D eigenvalue weighted by molar-refractivity contribution is -0.144. The molecular weight excluding hydrogens is 1400 g/mol. The van der Waals surface area contributed by atoms with E-state index in [1.165, 1.54) is 56.0 Å². The van der Waals surface area contributed by atoms with Gasteiger partial charge in [0.15, 0.2) is 0 Å². The normalized spacial score (nSPS) is 20.2. The van der Waals surface area contributed by atoms with E-state index >= 15 is 0 Å². The highest BCUT2D eigenvalue weighted by molar-refractivity contribution is 8.03. The number of amides is 4. The Hall–Kier alpha value is -6.20. The first-order valence-corrected chi connectivity index (χ1v) is 39.7. The van der Waals surface area contributed by atoms with Gasteiger partial charge in [-0.3, -0.25) is 24.1 Å². The van der Waals surface area contributed by atoms with E-state index in [0.717, 1.165) is 85.8 Å². The van der Waals surface area contributed by atoms with Gasteiger partial charge in [0.2, 0.25) is 17.7 Å². The molecular formula is C74H96ClF3N8O11S4. The summed E-state index contributed by atoms with van der Waals surface area (Å²) in [6.07, 6.45) is 10.8. The molecule has 0 spiro atoms. The molecule has 0 bridgehead atoms. The van der Waals surface area contributed by atoms with Crippen LogP contribution < -0.4 is 25.6 Å². The van der Waals surface area contributed by atoms with Crippen LogP contribution >= 0.6 is 35.1 Å². The molecule has 4 aromatic carbocycles. The summed E-state index contributed by atoms with van der Waals surface area (Å²) >= 11 is 9.50. The van der Waals surface area contributed by atoms with Crippen molar-refractivity contribution in [2.24, 2.45) is 16.7 Å². The quantitative estimate of drug-likeness (QED) is 0.0241. The number of aliphatic hydroxyl groups excluding tert-OH is 1. The maximum Gasteiger partial charge on any atom is 0.501 e. The second-order valence-electron chi connectivity index (χ2n) is 28.6. The highest BCUT2D eigenvalue weighted by Gasteiger charge is 2.49. The Morgan fingerprint density at radius 2 is 1.58 bits per heavy atom. The van der Waals surface area contributed by atoms with Crippen LogP contribution in [0.5, 0.6) is 0 Å². The Kier molecular flexibility index (Phi) is 27.0. The number of likely N-dealkylation sites (N-methyl/N-ethyl adjacent to an activating group) is 1. The molecule has 5 N–H and O–H groups in total. The second kappa shape index (κ2) is 34.6. The number of aliphatic hydroxyl groups is 1. The number of sulfonamides is 1. The van der Waals surface area contributed by atoms with Gasteiger partial charge in [0.05, 0.1) is 42.5 Å². The summed E-state index contributed by atoms with van der Waals surface area (Å²) in [5, 5.41) is 20.3. The molecule has 2 fully saturated rings. The first-order valence-electron chi connectivity index (χ1n) is 34.4. The monoisotopic (exact) mass is 1490 g/mol. The molecule has 27 heteroatoms. The number of likely N-dealkylation sites (tertiary alicyclic amines) is 1. The number of alkyl halides is 3. The molecule has 4 amide bonds. The van der Waals surface area contributed by atoms with E-state index in [1.807, 2.05) is 70.8 Å². The van der Waals surface area contributed by atoms with Crippen molar-refractivity contribution in [2.45, 2.75) is 144 Å². The first kappa shape index (κ1) is 78.9. The van der Waals surface area contributed by atoms with Crippen molar-refractivity contribution in [2.75, 3.05) is 108 Å². The minimum Gasteiger partial charge on any atom is -0.391 e. The van der Waals surface area contributed by atoms with E-state index in [-0.39, 0.29) is 62.0 Å². The summed E-state index contributed by atoms with van der Waals surface area (Å²) < 4.78 is 111. The third kappa shape index (κ3) is 21.5. The number of carbonyl (C=O) groups excluding carboxylic acids is 4. The summed E-state index contributed by atoms with van der Waals surface area (Å²) in [5.74, 6) is -0.859. The number of ether oxygens (including phenoxy) is 2. The highest BCUT2D eigenvalue weighted by atomic mass is 35.5. The topological polar surface area (TPSA) is 236 Å². The number of anilines is 2.